The first-order valence-electron chi connectivity index (χ1n) is 5.83. The van der Waals surface area contributed by atoms with E-state index in [1.54, 1.807) is 0 Å². The number of likely N-dealkylation sites (N-methyl/N-ethyl adjacent to an activating group) is 1. The molecule has 4 nitrogen and oxygen atoms in total. The number of hydrogen-bond acceptors (Lipinski definition) is 3. The van der Waals surface area contributed by atoms with E-state index in [9.17, 15) is 4.79 Å². The summed E-state index contributed by atoms with van der Waals surface area (Å²) in [5, 5.41) is 6.61. The monoisotopic (exact) mass is 213 g/mol. The minimum Gasteiger partial charge on any atom is -0.339 e. The van der Waals surface area contributed by atoms with Crippen molar-refractivity contribution in [3.05, 3.63) is 0 Å². The highest BCUT2D eigenvalue weighted by molar-refractivity contribution is 5.82. The highest BCUT2D eigenvalue weighted by atomic mass is 16.2. The number of amides is 1. The van der Waals surface area contributed by atoms with Crippen LogP contribution in [-0.4, -0.2) is 48.6 Å². The van der Waals surface area contributed by atoms with Gasteiger partial charge >= 0.3 is 0 Å². The van der Waals surface area contributed by atoms with Gasteiger partial charge in [-0.25, -0.2) is 0 Å². The molecule has 1 amide bonds. The van der Waals surface area contributed by atoms with Crippen molar-refractivity contribution in [2.75, 3.05) is 19.6 Å². The Morgan fingerprint density at radius 1 is 1.40 bits per heavy atom. The van der Waals surface area contributed by atoms with E-state index in [1.165, 1.54) is 0 Å². The molecule has 2 unspecified atom stereocenters. The van der Waals surface area contributed by atoms with Crippen LogP contribution < -0.4 is 10.6 Å². The van der Waals surface area contributed by atoms with E-state index in [0.717, 1.165) is 19.6 Å². The molecule has 1 fully saturated rings. The summed E-state index contributed by atoms with van der Waals surface area (Å²) < 4.78 is 0. The summed E-state index contributed by atoms with van der Waals surface area (Å²) in [6, 6.07) is 0.690. The SMILES string of the molecule is CCN(C(=O)C1CNC(C)CN1)C(C)C. The van der Waals surface area contributed by atoms with E-state index in [1.807, 2.05) is 11.8 Å². The van der Waals surface area contributed by atoms with Gasteiger partial charge in [-0.2, -0.15) is 0 Å². The Morgan fingerprint density at radius 3 is 2.47 bits per heavy atom. The van der Waals surface area contributed by atoms with Crippen molar-refractivity contribution >= 4 is 5.91 Å². The normalized spacial score (nSPS) is 26.7. The predicted molar refractivity (Wildman–Crippen MR) is 61.8 cm³/mol. The minimum atomic E-state index is -0.0523. The zero-order valence-electron chi connectivity index (χ0n) is 10.2. The van der Waals surface area contributed by atoms with E-state index < -0.39 is 0 Å². The van der Waals surface area contributed by atoms with Gasteiger partial charge in [-0.3, -0.25) is 4.79 Å². The molecule has 4 heteroatoms. The van der Waals surface area contributed by atoms with Crippen LogP contribution in [0.25, 0.3) is 0 Å². The van der Waals surface area contributed by atoms with Crippen LogP contribution in [0.2, 0.25) is 0 Å². The van der Waals surface area contributed by atoms with E-state index in [-0.39, 0.29) is 18.0 Å². The number of nitrogens with zero attached hydrogens (tertiary/aromatic N) is 1. The van der Waals surface area contributed by atoms with Crippen molar-refractivity contribution in [1.29, 1.82) is 0 Å². The van der Waals surface area contributed by atoms with Crippen LogP contribution in [0, 0.1) is 0 Å². The highest BCUT2D eigenvalue weighted by Crippen LogP contribution is 2.03. The summed E-state index contributed by atoms with van der Waals surface area (Å²) >= 11 is 0. The summed E-state index contributed by atoms with van der Waals surface area (Å²) in [4.78, 5) is 14.0. The Bertz CT molecular complexity index is 210. The van der Waals surface area contributed by atoms with Gasteiger partial charge in [0.25, 0.3) is 0 Å². The molecule has 0 radical (unpaired) electrons. The number of carbonyl (C=O) groups excluding carboxylic acids is 1. The third-order valence-electron chi connectivity index (χ3n) is 2.89. The first kappa shape index (κ1) is 12.5. The van der Waals surface area contributed by atoms with Crippen LogP contribution in [-0.2, 0) is 4.79 Å². The van der Waals surface area contributed by atoms with E-state index in [0.29, 0.717) is 6.04 Å². The van der Waals surface area contributed by atoms with Gasteiger partial charge in [0.05, 0.1) is 6.04 Å². The van der Waals surface area contributed by atoms with Crippen molar-refractivity contribution in [1.82, 2.24) is 15.5 Å². The molecule has 0 aromatic heterocycles. The molecule has 15 heavy (non-hydrogen) atoms. The van der Waals surface area contributed by atoms with Crippen LogP contribution in [0.5, 0.6) is 0 Å². The standard InChI is InChI=1S/C11H23N3O/c1-5-14(8(2)3)11(15)10-7-12-9(4)6-13-10/h8-10,12-13H,5-7H2,1-4H3. The van der Waals surface area contributed by atoms with Crippen molar-refractivity contribution in [3.63, 3.8) is 0 Å². The van der Waals surface area contributed by atoms with E-state index >= 15 is 0 Å². The lowest BCUT2D eigenvalue weighted by atomic mass is 10.1. The van der Waals surface area contributed by atoms with Gasteiger partial charge in [-0.05, 0) is 27.7 Å². The molecule has 0 saturated carbocycles. The molecule has 1 aliphatic heterocycles. The maximum absolute atomic E-state index is 12.1. The molecule has 0 bridgehead atoms. The summed E-state index contributed by atoms with van der Waals surface area (Å²) in [6.07, 6.45) is 0. The number of hydrogen-bond donors (Lipinski definition) is 2. The predicted octanol–water partition coefficient (Wildman–Crippen LogP) is 0.193. The smallest absolute Gasteiger partial charge is 0.241 e. The van der Waals surface area contributed by atoms with Gasteiger partial charge in [0, 0.05) is 31.7 Å². The largest absolute Gasteiger partial charge is 0.339 e. The van der Waals surface area contributed by atoms with Gasteiger partial charge in [0.2, 0.25) is 5.91 Å². The minimum absolute atomic E-state index is 0.0523. The fourth-order valence-electron chi connectivity index (χ4n) is 1.93. The molecular weight excluding hydrogens is 190 g/mol. The van der Waals surface area contributed by atoms with E-state index in [2.05, 4.69) is 31.4 Å². The lowest BCUT2D eigenvalue weighted by Crippen LogP contribution is -2.60. The van der Waals surface area contributed by atoms with Crippen molar-refractivity contribution < 1.29 is 4.79 Å². The molecule has 0 aliphatic carbocycles. The van der Waals surface area contributed by atoms with Gasteiger partial charge in [-0.1, -0.05) is 0 Å². The quantitative estimate of drug-likeness (QED) is 0.703. The maximum Gasteiger partial charge on any atom is 0.241 e. The van der Waals surface area contributed by atoms with Crippen LogP contribution in [0.15, 0.2) is 0 Å². The molecule has 2 N–H and O–H groups in total. The third-order valence-corrected chi connectivity index (χ3v) is 2.89. The maximum atomic E-state index is 12.1. The molecule has 88 valence electrons. The van der Waals surface area contributed by atoms with Crippen molar-refractivity contribution in [2.24, 2.45) is 0 Å². The first-order chi connectivity index (χ1) is 7.06. The highest BCUT2D eigenvalue weighted by Gasteiger charge is 2.27. The fraction of sp³-hybridized carbons (Fsp3) is 0.909. The molecule has 1 aliphatic rings. The topological polar surface area (TPSA) is 44.4 Å². The molecule has 1 saturated heterocycles. The zero-order chi connectivity index (χ0) is 11.4. The van der Waals surface area contributed by atoms with Gasteiger partial charge in [0.1, 0.15) is 0 Å². The van der Waals surface area contributed by atoms with Crippen molar-refractivity contribution in [3.8, 4) is 0 Å². The molecule has 1 rings (SSSR count). The molecule has 1 heterocycles. The number of rotatable bonds is 3. The van der Waals surface area contributed by atoms with Gasteiger partial charge in [-0.15, -0.1) is 0 Å². The molecular formula is C11H23N3O. The molecule has 0 aromatic carbocycles. The zero-order valence-corrected chi connectivity index (χ0v) is 10.2. The fourth-order valence-corrected chi connectivity index (χ4v) is 1.93. The second kappa shape index (κ2) is 5.47. The van der Waals surface area contributed by atoms with Crippen LogP contribution in [0.4, 0.5) is 0 Å². The van der Waals surface area contributed by atoms with Crippen LogP contribution in [0.3, 0.4) is 0 Å². The second-order valence-corrected chi connectivity index (χ2v) is 4.49. The Balaban J connectivity index is 2.52. The summed E-state index contributed by atoms with van der Waals surface area (Å²) in [6.45, 7) is 10.6. The van der Waals surface area contributed by atoms with Gasteiger partial charge in [0.15, 0.2) is 0 Å². The van der Waals surface area contributed by atoms with E-state index in [4.69, 9.17) is 0 Å². The Morgan fingerprint density at radius 2 is 2.07 bits per heavy atom. The van der Waals surface area contributed by atoms with Crippen LogP contribution >= 0.6 is 0 Å². The average molecular weight is 213 g/mol. The summed E-state index contributed by atoms with van der Waals surface area (Å²) in [5.41, 5.74) is 0. The second-order valence-electron chi connectivity index (χ2n) is 4.49. The van der Waals surface area contributed by atoms with Crippen LogP contribution in [0.1, 0.15) is 27.7 Å². The van der Waals surface area contributed by atoms with Gasteiger partial charge < -0.3 is 15.5 Å². The number of piperazine rings is 1. The first-order valence-corrected chi connectivity index (χ1v) is 5.83. The Hall–Kier alpha value is -0.610. The third kappa shape index (κ3) is 3.18. The molecule has 0 spiro atoms. The summed E-state index contributed by atoms with van der Waals surface area (Å²) in [7, 11) is 0. The molecule has 0 aromatic rings. The summed E-state index contributed by atoms with van der Waals surface area (Å²) in [5.74, 6) is 0.215. The number of nitrogens with one attached hydrogen (secondary N) is 2. The lowest BCUT2D eigenvalue weighted by Gasteiger charge is -2.34. The Labute approximate surface area is 92.4 Å². The Kier molecular flexibility index (Phi) is 4.54. The average Bonchev–Trinajstić information content (AvgIpc) is 2.19. The molecule has 2 atom stereocenters. The lowest BCUT2D eigenvalue weighted by molar-refractivity contribution is -0.135. The number of carbonyl (C=O) groups is 1. The van der Waals surface area contributed by atoms with Crippen molar-refractivity contribution in [2.45, 2.75) is 45.8 Å².